The first-order valence-electron chi connectivity index (χ1n) is 9.21. The summed E-state index contributed by atoms with van der Waals surface area (Å²) in [5.74, 6) is 0.613. The van der Waals surface area contributed by atoms with Gasteiger partial charge >= 0.3 is 0 Å². The molecule has 136 valence electrons. The summed E-state index contributed by atoms with van der Waals surface area (Å²) in [5.41, 5.74) is 0.607. The predicted octanol–water partition coefficient (Wildman–Crippen LogP) is 3.61. The van der Waals surface area contributed by atoms with E-state index in [4.69, 9.17) is 0 Å². The van der Waals surface area contributed by atoms with Crippen molar-refractivity contribution in [1.29, 1.82) is 0 Å². The van der Waals surface area contributed by atoms with Crippen LogP contribution in [0.25, 0.3) is 20.2 Å². The second-order valence-corrected chi connectivity index (χ2v) is 8.43. The molecule has 0 spiro atoms. The summed E-state index contributed by atoms with van der Waals surface area (Å²) in [6.45, 7) is 4.13. The molecule has 0 radical (unpaired) electrons. The van der Waals surface area contributed by atoms with Crippen LogP contribution >= 0.6 is 11.3 Å². The van der Waals surface area contributed by atoms with E-state index in [9.17, 15) is 9.59 Å². The molecule has 2 aromatic heterocycles. The van der Waals surface area contributed by atoms with Gasteiger partial charge in [-0.3, -0.25) is 9.59 Å². The Hall–Kier alpha value is -2.21. The van der Waals surface area contributed by atoms with Gasteiger partial charge < -0.3 is 5.32 Å². The lowest BCUT2D eigenvalue weighted by Crippen LogP contribution is -2.41. The zero-order chi connectivity index (χ0) is 18.3. The van der Waals surface area contributed by atoms with E-state index in [-0.39, 0.29) is 24.1 Å². The number of hydrogen-bond donors (Lipinski definition) is 1. The maximum absolute atomic E-state index is 13.0. The highest BCUT2D eigenvalue weighted by molar-refractivity contribution is 7.26. The molecule has 0 unspecified atom stereocenters. The number of carbonyl (C=O) groups excluding carboxylic acids is 1. The molecule has 0 bridgehead atoms. The van der Waals surface area contributed by atoms with Gasteiger partial charge in [0.05, 0.1) is 15.8 Å². The van der Waals surface area contributed by atoms with E-state index in [0.29, 0.717) is 5.39 Å². The molecule has 6 heteroatoms. The molecule has 1 aliphatic carbocycles. The third-order valence-electron chi connectivity index (χ3n) is 5.32. The lowest BCUT2D eigenvalue weighted by Gasteiger charge is -2.26. The standard InChI is InChI=1S/C20H23N3O2S/c1-12-7-9-14(10-8-12)21-17(24)11-23-20(25)18-15-5-3-4-6-16(15)26-19(18)13(2)22-23/h3-6,12,14H,7-11H2,1-2H3,(H,21,24). The van der Waals surface area contributed by atoms with Gasteiger partial charge in [-0.05, 0) is 44.6 Å². The Morgan fingerprint density at radius 2 is 2.00 bits per heavy atom. The predicted molar refractivity (Wildman–Crippen MR) is 106 cm³/mol. The summed E-state index contributed by atoms with van der Waals surface area (Å²) in [5, 5.41) is 9.09. The van der Waals surface area contributed by atoms with Crippen LogP contribution < -0.4 is 10.9 Å². The number of carbonyl (C=O) groups is 1. The highest BCUT2D eigenvalue weighted by Crippen LogP contribution is 2.32. The number of thiophene rings is 1. The number of aromatic nitrogens is 2. The summed E-state index contributed by atoms with van der Waals surface area (Å²) in [4.78, 5) is 25.4. The quantitative estimate of drug-likeness (QED) is 0.767. The van der Waals surface area contributed by atoms with Crippen molar-refractivity contribution in [2.75, 3.05) is 0 Å². The van der Waals surface area contributed by atoms with Crippen molar-refractivity contribution in [2.24, 2.45) is 5.92 Å². The second-order valence-electron chi connectivity index (χ2n) is 7.37. The molecule has 1 N–H and O–H groups in total. The van der Waals surface area contributed by atoms with Crippen LogP contribution in [0, 0.1) is 12.8 Å². The van der Waals surface area contributed by atoms with Gasteiger partial charge in [-0.15, -0.1) is 11.3 Å². The van der Waals surface area contributed by atoms with Crippen molar-refractivity contribution in [2.45, 2.75) is 52.1 Å². The van der Waals surface area contributed by atoms with Gasteiger partial charge in [0, 0.05) is 16.1 Å². The van der Waals surface area contributed by atoms with E-state index >= 15 is 0 Å². The van der Waals surface area contributed by atoms with E-state index in [1.807, 2.05) is 31.2 Å². The Morgan fingerprint density at radius 3 is 2.77 bits per heavy atom. The molecular weight excluding hydrogens is 346 g/mol. The molecule has 0 aliphatic heterocycles. The molecule has 0 atom stereocenters. The number of rotatable bonds is 3. The van der Waals surface area contributed by atoms with Crippen molar-refractivity contribution in [3.8, 4) is 0 Å². The first-order valence-corrected chi connectivity index (χ1v) is 10.0. The summed E-state index contributed by atoms with van der Waals surface area (Å²) in [7, 11) is 0. The largest absolute Gasteiger partial charge is 0.352 e. The van der Waals surface area contributed by atoms with E-state index in [1.165, 1.54) is 4.68 Å². The summed E-state index contributed by atoms with van der Waals surface area (Å²) >= 11 is 1.58. The fourth-order valence-corrected chi connectivity index (χ4v) is 4.97. The van der Waals surface area contributed by atoms with Crippen LogP contribution in [0.4, 0.5) is 0 Å². The number of benzene rings is 1. The van der Waals surface area contributed by atoms with Crippen LogP contribution in [0.3, 0.4) is 0 Å². The van der Waals surface area contributed by atoms with Gasteiger partial charge in [-0.25, -0.2) is 4.68 Å². The van der Waals surface area contributed by atoms with Gasteiger partial charge in [0.25, 0.3) is 5.56 Å². The van der Waals surface area contributed by atoms with Crippen molar-refractivity contribution < 1.29 is 4.79 Å². The first-order chi connectivity index (χ1) is 12.5. The molecule has 1 fully saturated rings. The maximum Gasteiger partial charge on any atom is 0.276 e. The minimum absolute atomic E-state index is 0.0220. The van der Waals surface area contributed by atoms with Gasteiger partial charge in [0.15, 0.2) is 0 Å². The van der Waals surface area contributed by atoms with E-state index in [1.54, 1.807) is 11.3 Å². The van der Waals surface area contributed by atoms with Gasteiger partial charge in [-0.1, -0.05) is 25.1 Å². The normalized spacial score (nSPS) is 20.5. The third-order valence-corrected chi connectivity index (χ3v) is 6.60. The number of hydrogen-bond acceptors (Lipinski definition) is 4. The summed E-state index contributed by atoms with van der Waals surface area (Å²) < 4.78 is 3.30. The zero-order valence-electron chi connectivity index (χ0n) is 15.1. The molecule has 1 aromatic carbocycles. The number of fused-ring (bicyclic) bond motifs is 3. The zero-order valence-corrected chi connectivity index (χ0v) is 15.9. The van der Waals surface area contributed by atoms with Crippen LogP contribution in [-0.2, 0) is 11.3 Å². The molecule has 2 heterocycles. The van der Waals surface area contributed by atoms with Crippen molar-refractivity contribution in [1.82, 2.24) is 15.1 Å². The Labute approximate surface area is 156 Å². The van der Waals surface area contributed by atoms with Gasteiger partial charge in [0.2, 0.25) is 5.91 Å². The number of nitrogens with one attached hydrogen (secondary N) is 1. The molecule has 26 heavy (non-hydrogen) atoms. The van der Waals surface area contributed by atoms with E-state index in [2.05, 4.69) is 17.3 Å². The fourth-order valence-electron chi connectivity index (χ4n) is 3.83. The highest BCUT2D eigenvalue weighted by atomic mass is 32.1. The minimum Gasteiger partial charge on any atom is -0.352 e. The topological polar surface area (TPSA) is 64.0 Å². The molecule has 5 nitrogen and oxygen atoms in total. The van der Waals surface area contributed by atoms with Crippen molar-refractivity contribution in [3.05, 3.63) is 40.3 Å². The van der Waals surface area contributed by atoms with Crippen LogP contribution in [0.15, 0.2) is 29.1 Å². The van der Waals surface area contributed by atoms with Crippen molar-refractivity contribution in [3.63, 3.8) is 0 Å². The SMILES string of the molecule is Cc1nn(CC(=O)NC2CCC(C)CC2)c(=O)c2c1sc1ccccc12. The van der Waals surface area contributed by atoms with Crippen molar-refractivity contribution >= 4 is 37.4 Å². The summed E-state index contributed by atoms with van der Waals surface area (Å²) in [6.07, 6.45) is 4.33. The Morgan fingerprint density at radius 1 is 1.27 bits per heavy atom. The lowest BCUT2D eigenvalue weighted by atomic mass is 9.87. The van der Waals surface area contributed by atoms with E-state index in [0.717, 1.165) is 52.1 Å². The fraction of sp³-hybridized carbons (Fsp3) is 0.450. The Balaban J connectivity index is 1.62. The maximum atomic E-state index is 13.0. The highest BCUT2D eigenvalue weighted by Gasteiger charge is 2.21. The first kappa shape index (κ1) is 17.2. The molecule has 1 aliphatic rings. The molecule has 1 amide bonds. The van der Waals surface area contributed by atoms with Crippen LogP contribution in [0.1, 0.15) is 38.3 Å². The smallest absolute Gasteiger partial charge is 0.276 e. The summed E-state index contributed by atoms with van der Waals surface area (Å²) in [6, 6.07) is 8.10. The van der Waals surface area contributed by atoms with Gasteiger partial charge in [-0.2, -0.15) is 5.10 Å². The minimum atomic E-state index is -0.185. The average molecular weight is 369 g/mol. The molecule has 1 saturated carbocycles. The second kappa shape index (κ2) is 6.83. The molecule has 3 aromatic rings. The Bertz CT molecular complexity index is 1030. The lowest BCUT2D eigenvalue weighted by molar-refractivity contribution is -0.122. The van der Waals surface area contributed by atoms with Crippen LogP contribution in [-0.4, -0.2) is 21.7 Å². The van der Waals surface area contributed by atoms with Gasteiger partial charge in [0.1, 0.15) is 6.54 Å². The number of amides is 1. The van der Waals surface area contributed by atoms with Crippen LogP contribution in [0.5, 0.6) is 0 Å². The molecular formula is C20H23N3O2S. The molecule has 4 rings (SSSR count). The average Bonchev–Trinajstić information content (AvgIpc) is 3.02. The van der Waals surface area contributed by atoms with E-state index < -0.39 is 0 Å². The number of nitrogens with zero attached hydrogens (tertiary/aromatic N) is 2. The van der Waals surface area contributed by atoms with Crippen LogP contribution in [0.2, 0.25) is 0 Å². The monoisotopic (exact) mass is 369 g/mol. The number of aryl methyl sites for hydroxylation is 1. The third kappa shape index (κ3) is 3.14. The Kier molecular flexibility index (Phi) is 4.53. The molecule has 0 saturated heterocycles.